The van der Waals surface area contributed by atoms with Gasteiger partial charge in [-0.25, -0.2) is 0 Å². The first-order chi connectivity index (χ1) is 7.66. The molecule has 2 N–H and O–H groups in total. The molecule has 0 radical (unpaired) electrons. The fraction of sp³-hybridized carbons (Fsp3) is 0.462. The highest BCUT2D eigenvalue weighted by atomic mass is 16.4. The minimum atomic E-state index is -0.830. The number of carbonyl (C=O) groups is 1. The fourth-order valence-corrected chi connectivity index (χ4v) is 2.45. The largest absolute Gasteiger partial charge is 0.508 e. The lowest BCUT2D eigenvalue weighted by molar-refractivity contribution is -0.136. The van der Waals surface area contributed by atoms with E-state index in [1.54, 1.807) is 12.1 Å². The topological polar surface area (TPSA) is 57.5 Å². The quantitative estimate of drug-likeness (QED) is 0.823. The summed E-state index contributed by atoms with van der Waals surface area (Å²) in [6, 6.07) is 5.15. The van der Waals surface area contributed by atoms with Gasteiger partial charge >= 0.3 is 5.97 Å². The zero-order valence-corrected chi connectivity index (χ0v) is 9.15. The van der Waals surface area contributed by atoms with Crippen molar-refractivity contribution in [3.05, 3.63) is 29.3 Å². The summed E-state index contributed by atoms with van der Waals surface area (Å²) >= 11 is 0. The lowest BCUT2D eigenvalue weighted by Gasteiger charge is -2.12. The normalized spacial score (nSPS) is 16.5. The van der Waals surface area contributed by atoms with E-state index in [0.717, 1.165) is 24.0 Å². The number of phenolic OH excluding ortho intramolecular Hbond substituents is 1. The van der Waals surface area contributed by atoms with E-state index < -0.39 is 5.97 Å². The van der Waals surface area contributed by atoms with Crippen molar-refractivity contribution in [3.63, 3.8) is 0 Å². The molecule has 2 rings (SSSR count). The number of carboxylic acids is 1. The van der Waals surface area contributed by atoms with Crippen LogP contribution in [-0.4, -0.2) is 16.2 Å². The molecule has 1 aliphatic carbocycles. The molecule has 1 fully saturated rings. The van der Waals surface area contributed by atoms with E-state index in [4.69, 9.17) is 5.11 Å². The Morgan fingerprint density at radius 1 is 1.31 bits per heavy atom. The van der Waals surface area contributed by atoms with Gasteiger partial charge in [0.2, 0.25) is 0 Å². The minimum Gasteiger partial charge on any atom is -0.508 e. The Morgan fingerprint density at radius 2 is 2.00 bits per heavy atom. The van der Waals surface area contributed by atoms with E-state index in [2.05, 4.69) is 0 Å². The number of rotatable bonds is 3. The van der Waals surface area contributed by atoms with Crippen LogP contribution in [0.25, 0.3) is 0 Å². The van der Waals surface area contributed by atoms with Crippen LogP contribution in [0.3, 0.4) is 0 Å². The van der Waals surface area contributed by atoms with Gasteiger partial charge in [-0.3, -0.25) is 4.79 Å². The maximum absolute atomic E-state index is 10.6. The highest BCUT2D eigenvalue weighted by Gasteiger charge is 2.20. The summed E-state index contributed by atoms with van der Waals surface area (Å²) in [5.41, 5.74) is 1.70. The Hall–Kier alpha value is -1.51. The van der Waals surface area contributed by atoms with Crippen molar-refractivity contribution in [1.29, 1.82) is 0 Å². The number of aromatic hydroxyl groups is 1. The zero-order valence-electron chi connectivity index (χ0n) is 9.15. The van der Waals surface area contributed by atoms with Crippen LogP contribution in [0, 0.1) is 0 Å². The highest BCUT2D eigenvalue weighted by Crippen LogP contribution is 2.38. The molecule has 0 unspecified atom stereocenters. The van der Waals surface area contributed by atoms with Crippen molar-refractivity contribution in [2.75, 3.05) is 0 Å². The third-order valence-electron chi connectivity index (χ3n) is 3.24. The van der Waals surface area contributed by atoms with E-state index in [1.165, 1.54) is 12.8 Å². The first-order valence-electron chi connectivity index (χ1n) is 5.70. The lowest BCUT2D eigenvalue weighted by atomic mass is 9.94. The van der Waals surface area contributed by atoms with E-state index in [0.29, 0.717) is 11.7 Å². The molecule has 16 heavy (non-hydrogen) atoms. The molecule has 0 bridgehead atoms. The molecule has 0 aliphatic heterocycles. The Labute approximate surface area is 94.7 Å². The molecule has 0 spiro atoms. The number of hydrogen-bond donors (Lipinski definition) is 2. The van der Waals surface area contributed by atoms with Gasteiger partial charge in [0.25, 0.3) is 0 Å². The van der Waals surface area contributed by atoms with Crippen molar-refractivity contribution in [1.82, 2.24) is 0 Å². The van der Waals surface area contributed by atoms with Crippen molar-refractivity contribution in [3.8, 4) is 5.75 Å². The lowest BCUT2D eigenvalue weighted by Crippen LogP contribution is -2.01. The fourth-order valence-electron chi connectivity index (χ4n) is 2.45. The SMILES string of the molecule is O=C(O)Cc1ccc(O)c(C2CCCC2)c1. The Bertz CT molecular complexity index is 392. The third-order valence-corrected chi connectivity index (χ3v) is 3.24. The van der Waals surface area contributed by atoms with E-state index >= 15 is 0 Å². The minimum absolute atomic E-state index is 0.0278. The van der Waals surface area contributed by atoms with Crippen LogP contribution in [0.15, 0.2) is 18.2 Å². The molecule has 1 saturated carbocycles. The molecule has 1 aliphatic rings. The predicted molar refractivity (Wildman–Crippen MR) is 60.7 cm³/mol. The van der Waals surface area contributed by atoms with Crippen molar-refractivity contribution >= 4 is 5.97 Å². The zero-order chi connectivity index (χ0) is 11.5. The number of benzene rings is 1. The summed E-state index contributed by atoms with van der Waals surface area (Å²) in [4.78, 5) is 10.6. The average Bonchev–Trinajstić information content (AvgIpc) is 2.73. The summed E-state index contributed by atoms with van der Waals surface area (Å²) < 4.78 is 0. The molecule has 86 valence electrons. The van der Waals surface area contributed by atoms with Crippen LogP contribution in [0.4, 0.5) is 0 Å². The first kappa shape index (κ1) is 11.0. The van der Waals surface area contributed by atoms with Crippen LogP contribution < -0.4 is 0 Å². The molecular weight excluding hydrogens is 204 g/mol. The van der Waals surface area contributed by atoms with E-state index in [9.17, 15) is 9.90 Å². The smallest absolute Gasteiger partial charge is 0.307 e. The molecule has 0 heterocycles. The predicted octanol–water partition coefficient (Wildman–Crippen LogP) is 2.68. The molecular formula is C13H16O3. The second-order valence-corrected chi connectivity index (χ2v) is 4.45. The number of carboxylic acid groups (broad SMARTS) is 1. The summed E-state index contributed by atoms with van der Waals surface area (Å²) in [5.74, 6) is -0.113. The van der Waals surface area contributed by atoms with Gasteiger partial charge in [-0.2, -0.15) is 0 Å². The summed E-state index contributed by atoms with van der Waals surface area (Å²) in [6.07, 6.45) is 4.63. The van der Waals surface area contributed by atoms with Gasteiger partial charge in [0.15, 0.2) is 0 Å². The number of aliphatic carboxylic acids is 1. The molecule has 0 saturated heterocycles. The van der Waals surface area contributed by atoms with Gasteiger partial charge in [0.1, 0.15) is 5.75 Å². The van der Waals surface area contributed by atoms with Crippen molar-refractivity contribution < 1.29 is 15.0 Å². The highest BCUT2D eigenvalue weighted by molar-refractivity contribution is 5.70. The van der Waals surface area contributed by atoms with E-state index in [1.807, 2.05) is 6.07 Å². The van der Waals surface area contributed by atoms with Crippen LogP contribution >= 0.6 is 0 Å². The van der Waals surface area contributed by atoms with Crippen LogP contribution in [0.1, 0.15) is 42.7 Å². The maximum Gasteiger partial charge on any atom is 0.307 e. The Morgan fingerprint density at radius 3 is 2.62 bits per heavy atom. The summed E-state index contributed by atoms with van der Waals surface area (Å²) in [6.45, 7) is 0. The molecule has 0 amide bonds. The summed E-state index contributed by atoms with van der Waals surface area (Å²) in [7, 11) is 0. The van der Waals surface area contributed by atoms with Crippen molar-refractivity contribution in [2.45, 2.75) is 38.0 Å². The van der Waals surface area contributed by atoms with Gasteiger partial charge in [0.05, 0.1) is 6.42 Å². The molecule has 3 nitrogen and oxygen atoms in total. The molecule has 3 heteroatoms. The monoisotopic (exact) mass is 220 g/mol. The standard InChI is InChI=1S/C13H16O3/c14-12-6-5-9(8-13(15)16)7-11(12)10-3-1-2-4-10/h5-7,10,14H,1-4,8H2,(H,15,16). The van der Waals surface area contributed by atoms with Gasteiger partial charge in [-0.05, 0) is 36.0 Å². The maximum atomic E-state index is 10.6. The third kappa shape index (κ3) is 2.35. The second-order valence-electron chi connectivity index (χ2n) is 4.45. The molecule has 1 aromatic rings. The number of phenols is 1. The van der Waals surface area contributed by atoms with E-state index in [-0.39, 0.29) is 6.42 Å². The number of hydrogen-bond acceptors (Lipinski definition) is 2. The van der Waals surface area contributed by atoms with Gasteiger partial charge in [-0.1, -0.05) is 25.0 Å². The molecule has 1 aromatic carbocycles. The van der Waals surface area contributed by atoms with Crippen molar-refractivity contribution in [2.24, 2.45) is 0 Å². The molecule has 0 atom stereocenters. The van der Waals surface area contributed by atoms with Crippen LogP contribution in [0.2, 0.25) is 0 Å². The van der Waals surface area contributed by atoms with Gasteiger partial charge in [-0.15, -0.1) is 0 Å². The van der Waals surface area contributed by atoms with Gasteiger partial charge in [0, 0.05) is 0 Å². The Balaban J connectivity index is 2.24. The first-order valence-corrected chi connectivity index (χ1v) is 5.70. The Kier molecular flexibility index (Phi) is 3.13. The van der Waals surface area contributed by atoms with Crippen LogP contribution in [-0.2, 0) is 11.2 Å². The molecule has 0 aromatic heterocycles. The average molecular weight is 220 g/mol. The van der Waals surface area contributed by atoms with Crippen LogP contribution in [0.5, 0.6) is 5.75 Å². The van der Waals surface area contributed by atoms with Gasteiger partial charge < -0.3 is 10.2 Å². The second kappa shape index (κ2) is 4.56. The summed E-state index contributed by atoms with van der Waals surface area (Å²) in [5, 5.41) is 18.5.